The lowest BCUT2D eigenvalue weighted by Gasteiger charge is -2.08. The molecular formula is C21H19F3N6O3. The maximum absolute atomic E-state index is 13.4. The summed E-state index contributed by atoms with van der Waals surface area (Å²) in [5, 5.41) is 10.8. The highest BCUT2D eigenvalue weighted by Crippen LogP contribution is 2.31. The van der Waals surface area contributed by atoms with E-state index in [1.54, 1.807) is 30.3 Å². The van der Waals surface area contributed by atoms with Gasteiger partial charge in [0.25, 0.3) is 17.7 Å². The van der Waals surface area contributed by atoms with Crippen LogP contribution in [0.2, 0.25) is 0 Å². The molecule has 3 aromatic rings. The Morgan fingerprint density at radius 3 is 2.18 bits per heavy atom. The van der Waals surface area contributed by atoms with Crippen LogP contribution in [-0.2, 0) is 6.18 Å². The summed E-state index contributed by atoms with van der Waals surface area (Å²) < 4.78 is 41.1. The lowest BCUT2D eigenvalue weighted by atomic mass is 10.2. The minimum atomic E-state index is -4.82. The van der Waals surface area contributed by atoms with Crippen LogP contribution in [0.25, 0.3) is 5.69 Å². The van der Waals surface area contributed by atoms with Crippen LogP contribution in [0.15, 0.2) is 54.9 Å². The van der Waals surface area contributed by atoms with Gasteiger partial charge in [0.05, 0.1) is 16.8 Å². The number of pyridine rings is 1. The van der Waals surface area contributed by atoms with Crippen molar-refractivity contribution in [3.8, 4) is 5.69 Å². The van der Waals surface area contributed by atoms with Crippen LogP contribution in [0.3, 0.4) is 0 Å². The van der Waals surface area contributed by atoms with Crippen molar-refractivity contribution in [2.24, 2.45) is 0 Å². The van der Waals surface area contributed by atoms with E-state index in [2.05, 4.69) is 26.0 Å². The first-order valence-electron chi connectivity index (χ1n) is 9.67. The van der Waals surface area contributed by atoms with Gasteiger partial charge in [-0.3, -0.25) is 19.4 Å². The Bertz CT molecular complexity index is 1140. The highest BCUT2D eigenvalue weighted by Gasteiger charge is 2.39. The molecule has 9 nitrogen and oxygen atoms in total. The Hall–Kier alpha value is -4.22. The summed E-state index contributed by atoms with van der Waals surface area (Å²) in [5.74, 6) is -1.90. The summed E-state index contributed by atoms with van der Waals surface area (Å²) in [6.07, 6.45) is -2.60. The van der Waals surface area contributed by atoms with E-state index in [1.807, 2.05) is 0 Å². The fourth-order valence-corrected chi connectivity index (χ4v) is 2.80. The van der Waals surface area contributed by atoms with E-state index < -0.39 is 35.2 Å². The summed E-state index contributed by atoms with van der Waals surface area (Å²) >= 11 is 0. The molecule has 0 atom stereocenters. The number of rotatable bonds is 7. The first kappa shape index (κ1) is 23.4. The second-order valence-electron chi connectivity index (χ2n) is 6.69. The van der Waals surface area contributed by atoms with Gasteiger partial charge >= 0.3 is 6.18 Å². The number of para-hydroxylation sites is 1. The average Bonchev–Trinajstić information content (AvgIpc) is 3.28. The minimum absolute atomic E-state index is 0.0457. The molecule has 3 amide bonds. The van der Waals surface area contributed by atoms with Crippen LogP contribution in [0.1, 0.15) is 36.9 Å². The Morgan fingerprint density at radius 2 is 1.61 bits per heavy atom. The van der Waals surface area contributed by atoms with Crippen molar-refractivity contribution in [3.63, 3.8) is 0 Å². The van der Waals surface area contributed by atoms with Gasteiger partial charge in [0.1, 0.15) is 5.69 Å². The molecule has 0 aliphatic heterocycles. The van der Waals surface area contributed by atoms with E-state index in [0.29, 0.717) is 5.69 Å². The lowest BCUT2D eigenvalue weighted by Crippen LogP contribution is -2.35. The molecule has 2 heterocycles. The van der Waals surface area contributed by atoms with Gasteiger partial charge in [0, 0.05) is 32.5 Å². The third-order valence-electron chi connectivity index (χ3n) is 4.43. The molecule has 1 aromatic carbocycles. The van der Waals surface area contributed by atoms with E-state index in [9.17, 15) is 27.6 Å². The first-order chi connectivity index (χ1) is 15.7. The van der Waals surface area contributed by atoms with Gasteiger partial charge in [0.2, 0.25) is 0 Å². The highest BCUT2D eigenvalue weighted by molar-refractivity contribution is 5.96. The number of hydrogen-bond donors (Lipinski definition) is 3. The Labute approximate surface area is 186 Å². The van der Waals surface area contributed by atoms with Crippen LogP contribution in [-0.4, -0.2) is 52.6 Å². The lowest BCUT2D eigenvalue weighted by molar-refractivity contribution is -0.141. The Balaban J connectivity index is 1.60. The molecule has 33 heavy (non-hydrogen) atoms. The van der Waals surface area contributed by atoms with E-state index in [0.717, 1.165) is 10.9 Å². The molecule has 0 saturated carbocycles. The number of amides is 3. The zero-order chi connectivity index (χ0) is 24.0. The van der Waals surface area contributed by atoms with E-state index in [-0.39, 0.29) is 24.3 Å². The van der Waals surface area contributed by atoms with Crippen molar-refractivity contribution in [3.05, 3.63) is 77.4 Å². The third kappa shape index (κ3) is 5.73. The van der Waals surface area contributed by atoms with Crippen molar-refractivity contribution in [1.29, 1.82) is 0 Å². The van der Waals surface area contributed by atoms with E-state index in [1.165, 1.54) is 25.4 Å². The molecule has 3 N–H and O–H groups in total. The normalized spacial score (nSPS) is 11.0. The second kappa shape index (κ2) is 9.94. The van der Waals surface area contributed by atoms with Gasteiger partial charge < -0.3 is 16.0 Å². The van der Waals surface area contributed by atoms with E-state index >= 15 is 0 Å². The molecule has 0 spiro atoms. The van der Waals surface area contributed by atoms with Crippen LogP contribution in [0.5, 0.6) is 0 Å². The summed E-state index contributed by atoms with van der Waals surface area (Å²) in [7, 11) is 1.45. The molecule has 2 aromatic heterocycles. The molecule has 172 valence electrons. The van der Waals surface area contributed by atoms with Crippen molar-refractivity contribution < 1.29 is 27.6 Å². The van der Waals surface area contributed by atoms with Crippen molar-refractivity contribution in [1.82, 2.24) is 30.7 Å². The number of carbonyl (C=O) groups is 3. The predicted molar refractivity (Wildman–Crippen MR) is 111 cm³/mol. The van der Waals surface area contributed by atoms with Crippen LogP contribution >= 0.6 is 0 Å². The number of aromatic nitrogens is 3. The number of hydrogen-bond acceptors (Lipinski definition) is 5. The summed E-state index contributed by atoms with van der Waals surface area (Å²) in [4.78, 5) is 39.8. The van der Waals surface area contributed by atoms with Gasteiger partial charge in [-0.2, -0.15) is 18.3 Å². The monoisotopic (exact) mass is 460 g/mol. The number of nitrogens with zero attached hydrogens (tertiary/aromatic N) is 3. The summed E-state index contributed by atoms with van der Waals surface area (Å²) in [6, 6.07) is 10.9. The molecule has 0 radical (unpaired) electrons. The molecule has 0 unspecified atom stereocenters. The molecule has 0 aliphatic carbocycles. The second-order valence-corrected chi connectivity index (χ2v) is 6.69. The molecule has 0 aliphatic rings. The molecule has 0 bridgehead atoms. The van der Waals surface area contributed by atoms with Crippen LogP contribution < -0.4 is 16.0 Å². The van der Waals surface area contributed by atoms with Crippen molar-refractivity contribution in [2.75, 3.05) is 20.1 Å². The van der Waals surface area contributed by atoms with Crippen molar-refractivity contribution >= 4 is 17.7 Å². The minimum Gasteiger partial charge on any atom is -0.354 e. The van der Waals surface area contributed by atoms with Gasteiger partial charge in [-0.05, 0) is 24.3 Å². The number of alkyl halides is 3. The topological polar surface area (TPSA) is 118 Å². The van der Waals surface area contributed by atoms with Gasteiger partial charge in [0.15, 0.2) is 5.69 Å². The summed E-state index contributed by atoms with van der Waals surface area (Å²) in [5.41, 5.74) is -1.26. The van der Waals surface area contributed by atoms with Crippen LogP contribution in [0, 0.1) is 0 Å². The smallest absolute Gasteiger partial charge is 0.354 e. The average molecular weight is 460 g/mol. The summed E-state index contributed by atoms with van der Waals surface area (Å²) in [6.45, 7) is -0.169. The zero-order valence-electron chi connectivity index (χ0n) is 17.3. The van der Waals surface area contributed by atoms with Gasteiger partial charge in [-0.25, -0.2) is 4.68 Å². The molecule has 0 fully saturated rings. The maximum Gasteiger partial charge on any atom is 0.435 e. The number of benzene rings is 1. The quantitative estimate of drug-likeness (QED) is 0.465. The predicted octanol–water partition coefficient (Wildman–Crippen LogP) is 1.81. The largest absolute Gasteiger partial charge is 0.435 e. The number of carbonyl (C=O) groups excluding carboxylic acids is 3. The van der Waals surface area contributed by atoms with E-state index in [4.69, 9.17) is 0 Å². The fourth-order valence-electron chi connectivity index (χ4n) is 2.80. The number of nitrogens with one attached hydrogen (secondary N) is 3. The van der Waals surface area contributed by atoms with Crippen LogP contribution in [0.4, 0.5) is 13.2 Å². The molecule has 12 heteroatoms. The molecule has 3 rings (SSSR count). The van der Waals surface area contributed by atoms with Gasteiger partial charge in [-0.1, -0.05) is 18.2 Å². The SMILES string of the molecule is CNC(=O)c1ccc(C(=O)NCCNC(=O)c2cn(-c3ccccc3)nc2C(F)(F)F)cn1. The van der Waals surface area contributed by atoms with Gasteiger partial charge in [-0.15, -0.1) is 0 Å². The Morgan fingerprint density at radius 1 is 0.939 bits per heavy atom. The molecular weight excluding hydrogens is 441 g/mol. The standard InChI is InChI=1S/C21H19F3N6O3/c1-25-20(33)16-8-7-13(11-28-16)18(31)26-9-10-27-19(32)15-12-30(14-5-3-2-4-6-14)29-17(15)21(22,23)24/h2-8,11-12H,9-10H2,1H3,(H,25,33)(H,26,31)(H,27,32). The highest BCUT2D eigenvalue weighted by atomic mass is 19.4. The maximum atomic E-state index is 13.4. The van der Waals surface area contributed by atoms with Crippen molar-refractivity contribution in [2.45, 2.75) is 6.18 Å². The molecule has 0 saturated heterocycles. The fraction of sp³-hybridized carbons (Fsp3) is 0.190. The number of halogens is 3. The Kier molecular flexibility index (Phi) is 7.06. The first-order valence-corrected chi connectivity index (χ1v) is 9.67. The zero-order valence-corrected chi connectivity index (χ0v) is 17.3. The third-order valence-corrected chi connectivity index (χ3v) is 4.43.